The predicted octanol–water partition coefficient (Wildman–Crippen LogP) is -0.726. The molecular weight excluding hydrogens is 228 g/mol. The van der Waals surface area contributed by atoms with Crippen molar-refractivity contribution in [3.05, 3.63) is 0 Å². The van der Waals surface area contributed by atoms with Crippen molar-refractivity contribution in [2.75, 3.05) is 27.7 Å². The van der Waals surface area contributed by atoms with E-state index in [1.165, 1.54) is 32.1 Å². The average Bonchev–Trinajstić information content (AvgIpc) is 2.37. The molecule has 5 heteroatoms. The molecule has 2 rings (SSSR count). The van der Waals surface area contributed by atoms with Crippen LogP contribution in [0.3, 0.4) is 0 Å². The molecule has 0 spiro atoms. The molecule has 1 heterocycles. The van der Waals surface area contributed by atoms with Crippen molar-refractivity contribution in [3.63, 3.8) is 0 Å². The molecule has 0 aromatic rings. The molecule has 102 valence electrons. The summed E-state index contributed by atoms with van der Waals surface area (Å²) in [5.74, 6) is 1.55. The summed E-state index contributed by atoms with van der Waals surface area (Å²) < 4.78 is 0. The molecule has 1 saturated carbocycles. The van der Waals surface area contributed by atoms with Gasteiger partial charge in [-0.2, -0.15) is 0 Å². The van der Waals surface area contributed by atoms with Crippen LogP contribution in [0.25, 0.3) is 0 Å². The van der Waals surface area contributed by atoms with Gasteiger partial charge in [-0.15, -0.1) is 0 Å². The highest BCUT2D eigenvalue weighted by molar-refractivity contribution is 5.75. The smallest absolute Gasteiger partial charge is 0.141 e. The molecule has 0 bridgehead atoms. The summed E-state index contributed by atoms with van der Waals surface area (Å²) in [6, 6.07) is 0. The monoisotopic (exact) mass is 258 g/mol. The number of nitrogens with one attached hydrogen (secondary N) is 3. The molecule has 0 aromatic carbocycles. The minimum Gasteiger partial charge on any atom is -0.289 e. The normalized spacial score (nSPS) is 32.6. The average molecular weight is 258 g/mol. The van der Waals surface area contributed by atoms with Crippen LogP contribution >= 0.6 is 0 Å². The Morgan fingerprint density at radius 2 is 1.65 bits per heavy atom. The Hall–Kier alpha value is 0.0569. The van der Waals surface area contributed by atoms with Crippen LogP contribution in [0.4, 0.5) is 0 Å². The molecule has 2 unspecified atom stereocenters. The van der Waals surface area contributed by atoms with Crippen LogP contribution in [0.15, 0.2) is 0 Å². The van der Waals surface area contributed by atoms with Gasteiger partial charge < -0.3 is 0 Å². The number of hydrazine groups is 1. The molecular formula is C12H30N4Si. The van der Waals surface area contributed by atoms with Crippen LogP contribution in [-0.4, -0.2) is 49.4 Å². The fourth-order valence-corrected chi connectivity index (χ4v) is 3.83. The van der Waals surface area contributed by atoms with Gasteiger partial charge in [0.15, 0.2) is 0 Å². The van der Waals surface area contributed by atoms with Gasteiger partial charge in [0, 0.05) is 12.5 Å². The third-order valence-electron chi connectivity index (χ3n) is 4.63. The largest absolute Gasteiger partial charge is 0.289 e. The first-order valence-corrected chi connectivity index (χ1v) is 6.61. The second-order valence-electron chi connectivity index (χ2n) is 5.08. The van der Waals surface area contributed by atoms with E-state index in [1.54, 1.807) is 0 Å². The summed E-state index contributed by atoms with van der Waals surface area (Å²) in [7, 11) is 6.15. The van der Waals surface area contributed by atoms with Gasteiger partial charge in [-0.1, -0.05) is 12.8 Å². The molecule has 1 aliphatic carbocycles. The van der Waals surface area contributed by atoms with Crippen LogP contribution in [0.1, 0.15) is 32.1 Å². The summed E-state index contributed by atoms with van der Waals surface area (Å²) in [5.41, 5.74) is 3.34. The summed E-state index contributed by atoms with van der Waals surface area (Å²) in [5, 5.41) is 9.37. The number of piperidine rings is 1. The second kappa shape index (κ2) is 6.29. The molecule has 17 heavy (non-hydrogen) atoms. The summed E-state index contributed by atoms with van der Waals surface area (Å²) in [4.78, 5) is 0. The Morgan fingerprint density at radius 3 is 2.24 bits per heavy atom. The highest BCUT2D eigenvalue weighted by atomic mass is 28.1. The minimum absolute atomic E-state index is 0. The van der Waals surface area contributed by atoms with Crippen LogP contribution < -0.4 is 16.1 Å². The maximum atomic E-state index is 3.52. The third kappa shape index (κ3) is 2.44. The highest BCUT2D eigenvalue weighted by Crippen LogP contribution is 2.42. The zero-order chi connectivity index (χ0) is 11.6. The van der Waals surface area contributed by atoms with Crippen molar-refractivity contribution < 1.29 is 0 Å². The maximum absolute atomic E-state index is 3.52. The van der Waals surface area contributed by atoms with Crippen molar-refractivity contribution in [2.24, 2.45) is 11.8 Å². The van der Waals surface area contributed by atoms with Crippen molar-refractivity contribution >= 4 is 11.0 Å². The first-order valence-electron chi connectivity index (χ1n) is 6.61. The molecule has 3 N–H and O–H groups in total. The van der Waals surface area contributed by atoms with E-state index in [0.29, 0.717) is 0 Å². The van der Waals surface area contributed by atoms with Gasteiger partial charge in [0.1, 0.15) is 5.79 Å². The van der Waals surface area contributed by atoms with E-state index in [-0.39, 0.29) is 16.8 Å². The Morgan fingerprint density at radius 1 is 1.00 bits per heavy atom. The van der Waals surface area contributed by atoms with E-state index in [0.717, 1.165) is 18.4 Å². The van der Waals surface area contributed by atoms with Crippen LogP contribution in [-0.2, 0) is 0 Å². The first-order chi connectivity index (χ1) is 7.78. The van der Waals surface area contributed by atoms with Gasteiger partial charge in [0.2, 0.25) is 0 Å². The lowest BCUT2D eigenvalue weighted by atomic mass is 9.71. The molecule has 1 saturated heterocycles. The minimum atomic E-state index is -0.0575. The van der Waals surface area contributed by atoms with Crippen molar-refractivity contribution in [3.8, 4) is 0 Å². The molecule has 2 atom stereocenters. The van der Waals surface area contributed by atoms with Crippen LogP contribution in [0.5, 0.6) is 0 Å². The van der Waals surface area contributed by atoms with E-state index in [9.17, 15) is 0 Å². The number of hydrogen-bond acceptors (Lipinski definition) is 4. The topological polar surface area (TPSA) is 39.3 Å². The lowest BCUT2D eigenvalue weighted by molar-refractivity contribution is -0.115. The molecule has 2 fully saturated rings. The van der Waals surface area contributed by atoms with E-state index >= 15 is 0 Å². The zero-order valence-corrected chi connectivity index (χ0v) is 10.8. The lowest BCUT2D eigenvalue weighted by Gasteiger charge is -2.55. The lowest BCUT2D eigenvalue weighted by Crippen LogP contribution is -2.76. The van der Waals surface area contributed by atoms with Gasteiger partial charge in [-0.05, 0) is 57.3 Å². The van der Waals surface area contributed by atoms with Crippen molar-refractivity contribution in [1.29, 1.82) is 0 Å². The second-order valence-corrected chi connectivity index (χ2v) is 5.08. The first kappa shape index (κ1) is 15.1. The maximum Gasteiger partial charge on any atom is 0.141 e. The van der Waals surface area contributed by atoms with E-state index in [2.05, 4.69) is 35.2 Å². The molecule has 0 aromatic heterocycles. The fraction of sp³-hybridized carbons (Fsp3) is 1.00. The quantitative estimate of drug-likeness (QED) is 0.461. The van der Waals surface area contributed by atoms with Gasteiger partial charge in [-0.3, -0.25) is 16.1 Å². The van der Waals surface area contributed by atoms with Gasteiger partial charge in [-0.25, -0.2) is 5.01 Å². The van der Waals surface area contributed by atoms with Crippen LogP contribution in [0, 0.1) is 11.8 Å². The number of hydrogen-bond donors (Lipinski definition) is 3. The Labute approximate surface area is 110 Å². The Kier molecular flexibility index (Phi) is 5.59. The highest BCUT2D eigenvalue weighted by Gasteiger charge is 2.48. The van der Waals surface area contributed by atoms with Gasteiger partial charge in [0.05, 0.1) is 0 Å². The van der Waals surface area contributed by atoms with E-state index in [4.69, 9.17) is 0 Å². The molecule has 0 radical (unpaired) electrons. The third-order valence-corrected chi connectivity index (χ3v) is 4.63. The number of nitrogens with zero attached hydrogens (tertiary/aromatic N) is 1. The molecule has 1 aliphatic heterocycles. The molecule has 4 nitrogen and oxygen atoms in total. The predicted molar refractivity (Wildman–Crippen MR) is 78.0 cm³/mol. The Bertz CT molecular complexity index is 233. The molecule has 2 aliphatic rings. The summed E-state index contributed by atoms with van der Waals surface area (Å²) in [6.07, 6.45) is 6.88. The zero-order valence-electron chi connectivity index (χ0n) is 10.8. The standard InChI is InChI=1S/C12H26N4.H4Si/c1-13-12(14-2)11-7-5-4-6-10(11)8-9-16(12)15-3;/h10-11,13-15H,4-9H2,1-3H3;1H4. The number of fused-ring (bicyclic) bond motifs is 1. The van der Waals surface area contributed by atoms with Gasteiger partial charge in [0.25, 0.3) is 0 Å². The van der Waals surface area contributed by atoms with Crippen molar-refractivity contribution in [1.82, 2.24) is 21.1 Å². The Balaban J connectivity index is 0.00000144. The SMILES string of the molecule is CNN1CCC2CCCCC2C1(NC)NC.[SiH4]. The van der Waals surface area contributed by atoms with Crippen LogP contribution in [0.2, 0.25) is 0 Å². The molecule has 0 amide bonds. The van der Waals surface area contributed by atoms with E-state index in [1.807, 2.05) is 7.05 Å². The van der Waals surface area contributed by atoms with Gasteiger partial charge >= 0.3 is 0 Å². The summed E-state index contributed by atoms with van der Waals surface area (Å²) in [6.45, 7) is 1.12. The van der Waals surface area contributed by atoms with Crippen molar-refractivity contribution in [2.45, 2.75) is 37.9 Å². The van der Waals surface area contributed by atoms with E-state index < -0.39 is 0 Å². The summed E-state index contributed by atoms with van der Waals surface area (Å²) >= 11 is 0. The fourth-order valence-electron chi connectivity index (χ4n) is 3.83. The number of rotatable bonds is 3.